The van der Waals surface area contributed by atoms with Crippen LogP contribution in [-0.4, -0.2) is 36.1 Å². The number of allylic oxidation sites excluding steroid dienone is 12. The number of aliphatic imine (C=N–C) groups is 4. The summed E-state index contributed by atoms with van der Waals surface area (Å²) in [4.78, 5) is 20.0. The summed E-state index contributed by atoms with van der Waals surface area (Å²) in [6, 6.07) is 17.0. The van der Waals surface area contributed by atoms with Gasteiger partial charge in [-0.15, -0.1) is 0 Å². The van der Waals surface area contributed by atoms with Crippen molar-refractivity contribution in [3.8, 4) is 11.5 Å². The minimum atomic E-state index is 0.735. The standard InChI is InChI=1S/C52H60N4O2/c1-3-5-7-9-11-13-15-17-33-57-47-29-19-39(20-30-47)51-49-37-45-27-25-43(54-45)35-41-23-24-42(53-41)36-44-26-28-46(55-44)38-50(56-49)52(51)40-21-31-48(32-22-40)58-34-18-16-14-12-10-8-6-4-2/h19-32,35-38H,3-18,33-34H2,1-2H3. The highest BCUT2D eigenvalue weighted by Gasteiger charge is 2.27. The lowest BCUT2D eigenvalue weighted by Gasteiger charge is -2.13. The third-order valence-corrected chi connectivity index (χ3v) is 11.0. The summed E-state index contributed by atoms with van der Waals surface area (Å²) in [5, 5.41) is 0. The molecule has 0 unspecified atom stereocenters. The van der Waals surface area contributed by atoms with Crippen LogP contribution in [0.15, 0.2) is 152 Å². The molecule has 6 heteroatoms. The topological polar surface area (TPSA) is 67.9 Å². The summed E-state index contributed by atoms with van der Waals surface area (Å²) in [6.07, 6.45) is 40.9. The van der Waals surface area contributed by atoms with Crippen molar-refractivity contribution >= 4 is 34.0 Å². The number of unbranched alkanes of at least 4 members (excludes halogenated alkanes) is 14. The van der Waals surface area contributed by atoms with Gasteiger partial charge in [-0.25, -0.2) is 20.0 Å². The number of benzene rings is 2. The van der Waals surface area contributed by atoms with Crippen LogP contribution in [0.2, 0.25) is 0 Å². The van der Waals surface area contributed by atoms with Crippen LogP contribution in [0.3, 0.4) is 0 Å². The maximum atomic E-state index is 6.23. The normalized spacial score (nSPS) is 16.5. The average molecular weight is 773 g/mol. The Kier molecular flexibility index (Phi) is 15.1. The van der Waals surface area contributed by atoms with Gasteiger partial charge in [-0.2, -0.15) is 0 Å². The lowest BCUT2D eigenvalue weighted by atomic mass is 9.91. The highest BCUT2D eigenvalue weighted by Crippen LogP contribution is 2.41. The van der Waals surface area contributed by atoms with Gasteiger partial charge in [0.05, 0.1) is 58.8 Å². The zero-order chi connectivity index (χ0) is 39.8. The first-order chi connectivity index (χ1) is 28.6. The molecule has 5 aliphatic heterocycles. The van der Waals surface area contributed by atoms with E-state index in [1.54, 1.807) is 0 Å². The van der Waals surface area contributed by atoms with Crippen LogP contribution in [0, 0.1) is 0 Å². The Morgan fingerprint density at radius 3 is 1.24 bits per heavy atom. The van der Waals surface area contributed by atoms with Crippen molar-refractivity contribution in [3.63, 3.8) is 0 Å². The van der Waals surface area contributed by atoms with Gasteiger partial charge in [0.2, 0.25) is 0 Å². The molecule has 58 heavy (non-hydrogen) atoms. The Balaban J connectivity index is 1.14. The summed E-state index contributed by atoms with van der Waals surface area (Å²) in [5.74, 6) is 1.78. The van der Waals surface area contributed by atoms with Crippen molar-refractivity contribution in [2.45, 2.75) is 117 Å². The van der Waals surface area contributed by atoms with E-state index in [1.807, 2.05) is 48.6 Å². The fourth-order valence-corrected chi connectivity index (χ4v) is 7.83. The first-order valence-electron chi connectivity index (χ1n) is 22.1. The molecule has 2 aromatic carbocycles. The van der Waals surface area contributed by atoms with Crippen LogP contribution in [-0.2, 0) is 0 Å². The molecule has 6 nitrogen and oxygen atoms in total. The lowest BCUT2D eigenvalue weighted by molar-refractivity contribution is 0.304. The Morgan fingerprint density at radius 1 is 0.379 bits per heavy atom. The van der Waals surface area contributed by atoms with Gasteiger partial charge >= 0.3 is 0 Å². The van der Waals surface area contributed by atoms with Gasteiger partial charge in [-0.3, -0.25) is 0 Å². The predicted octanol–water partition coefficient (Wildman–Crippen LogP) is 13.7. The maximum absolute atomic E-state index is 6.23. The van der Waals surface area contributed by atoms with E-state index in [0.29, 0.717) is 0 Å². The van der Waals surface area contributed by atoms with E-state index in [0.717, 1.165) is 105 Å². The second-order valence-electron chi connectivity index (χ2n) is 15.8. The molecule has 2 aromatic rings. The van der Waals surface area contributed by atoms with Crippen molar-refractivity contribution in [2.75, 3.05) is 13.2 Å². The number of fused-ring (bicyclic) bond motifs is 4. The molecule has 0 fully saturated rings. The number of hydrogen-bond donors (Lipinski definition) is 0. The minimum absolute atomic E-state index is 0.735. The number of nitrogens with zero attached hydrogens (tertiary/aromatic N) is 4. The summed E-state index contributed by atoms with van der Waals surface area (Å²) >= 11 is 0. The zero-order valence-corrected chi connectivity index (χ0v) is 34.7. The first kappa shape index (κ1) is 40.8. The fraction of sp³-hybridized carbons (Fsp3) is 0.385. The van der Waals surface area contributed by atoms with Gasteiger partial charge < -0.3 is 9.47 Å². The summed E-state index contributed by atoms with van der Waals surface area (Å²) in [5.41, 5.74) is 11.1. The van der Waals surface area contributed by atoms with Crippen molar-refractivity contribution in [2.24, 2.45) is 20.0 Å². The molecule has 0 saturated heterocycles. The van der Waals surface area contributed by atoms with Gasteiger partial charge in [0.1, 0.15) is 11.5 Å². The van der Waals surface area contributed by atoms with Crippen molar-refractivity contribution in [3.05, 3.63) is 143 Å². The molecule has 0 aliphatic carbocycles. The van der Waals surface area contributed by atoms with Crippen LogP contribution in [0.1, 0.15) is 128 Å². The molecule has 300 valence electrons. The molecule has 5 aliphatic rings. The molecular weight excluding hydrogens is 713 g/mol. The van der Waals surface area contributed by atoms with Gasteiger partial charge in [-0.05, 0) is 109 Å². The van der Waals surface area contributed by atoms with E-state index in [1.165, 1.54) is 89.9 Å². The van der Waals surface area contributed by atoms with E-state index >= 15 is 0 Å². The fourth-order valence-electron chi connectivity index (χ4n) is 7.83. The minimum Gasteiger partial charge on any atom is -0.494 e. The Hall–Kier alpha value is -5.36. The Labute approximate surface area is 346 Å². The van der Waals surface area contributed by atoms with Crippen LogP contribution in [0.5, 0.6) is 11.5 Å². The summed E-state index contributed by atoms with van der Waals surface area (Å²) in [6.45, 7) is 6.01. The number of ether oxygens (including phenoxy) is 2. The van der Waals surface area contributed by atoms with Crippen LogP contribution in [0.25, 0.3) is 11.1 Å². The second kappa shape index (κ2) is 21.4. The van der Waals surface area contributed by atoms with Gasteiger partial charge in [-0.1, -0.05) is 128 Å². The van der Waals surface area contributed by atoms with E-state index in [2.05, 4.69) is 74.5 Å². The molecule has 0 atom stereocenters. The van der Waals surface area contributed by atoms with E-state index in [9.17, 15) is 0 Å². The smallest absolute Gasteiger partial charge is 0.119 e. The second-order valence-corrected chi connectivity index (χ2v) is 15.8. The molecule has 0 saturated carbocycles. The van der Waals surface area contributed by atoms with Crippen molar-refractivity contribution < 1.29 is 9.47 Å². The molecule has 0 spiro atoms. The zero-order valence-electron chi connectivity index (χ0n) is 34.7. The molecule has 7 rings (SSSR count). The third kappa shape index (κ3) is 11.6. The SMILES string of the molecule is CCCCCCCCCCOc1ccc(C2=C(c3ccc(OCCCCCCCCCC)cc3)C3=NC2=CC2=NC(=CC4=NC(=CC5=NC(=C3)C=C5)C=C4)C=C2)cc1. The van der Waals surface area contributed by atoms with Crippen LogP contribution >= 0.6 is 0 Å². The van der Waals surface area contributed by atoms with Crippen LogP contribution in [0.4, 0.5) is 0 Å². The monoisotopic (exact) mass is 772 g/mol. The maximum Gasteiger partial charge on any atom is 0.119 e. The van der Waals surface area contributed by atoms with Crippen molar-refractivity contribution in [1.29, 1.82) is 0 Å². The molecule has 0 radical (unpaired) electrons. The first-order valence-corrected chi connectivity index (χ1v) is 22.1. The van der Waals surface area contributed by atoms with Gasteiger partial charge in [0, 0.05) is 11.1 Å². The lowest BCUT2D eigenvalue weighted by Crippen LogP contribution is -2.01. The third-order valence-electron chi connectivity index (χ3n) is 11.0. The van der Waals surface area contributed by atoms with Crippen molar-refractivity contribution in [1.82, 2.24) is 0 Å². The van der Waals surface area contributed by atoms with E-state index in [-0.39, 0.29) is 0 Å². The molecule has 5 heterocycles. The molecule has 8 bridgehead atoms. The summed E-state index contributed by atoms with van der Waals surface area (Å²) in [7, 11) is 0. The highest BCUT2D eigenvalue weighted by atomic mass is 16.5. The molecule has 0 amide bonds. The Bertz CT molecular complexity index is 2130. The number of hydrogen-bond acceptors (Lipinski definition) is 6. The summed E-state index contributed by atoms with van der Waals surface area (Å²) < 4.78 is 12.5. The molecule has 0 N–H and O–H groups in total. The largest absolute Gasteiger partial charge is 0.494 e. The van der Waals surface area contributed by atoms with Gasteiger partial charge in [0.15, 0.2) is 0 Å². The average Bonchev–Trinajstić information content (AvgIpc) is 4.06. The van der Waals surface area contributed by atoms with E-state index < -0.39 is 0 Å². The van der Waals surface area contributed by atoms with Crippen LogP contribution < -0.4 is 9.47 Å². The quantitative estimate of drug-likeness (QED) is 0.112. The highest BCUT2D eigenvalue weighted by molar-refractivity contribution is 6.40. The Morgan fingerprint density at radius 2 is 0.776 bits per heavy atom. The molecule has 0 aromatic heterocycles. The number of rotatable bonds is 22. The predicted molar refractivity (Wildman–Crippen MR) is 245 cm³/mol. The van der Waals surface area contributed by atoms with Gasteiger partial charge in [0.25, 0.3) is 0 Å². The van der Waals surface area contributed by atoms with E-state index in [4.69, 9.17) is 29.4 Å². The molecular formula is C52H60N4O2.